The van der Waals surface area contributed by atoms with Crippen LogP contribution in [0.1, 0.15) is 83.9 Å². The third kappa shape index (κ3) is 3.15. The Balaban J connectivity index is 2.11. The standard InChI is InChI=1S/C28H36/c1-8-18-15-20(27(2,3)4)17-24-22(18)13-14-23-21-12-10-9-11-19(21)16-25(26(23)24)28(5,6)7/h9-14,16,18,20H,8,15,17H2,1-7H3. The van der Waals surface area contributed by atoms with E-state index in [1.54, 1.807) is 16.5 Å². The summed E-state index contributed by atoms with van der Waals surface area (Å²) in [4.78, 5) is 0. The van der Waals surface area contributed by atoms with Crippen molar-refractivity contribution < 1.29 is 0 Å². The average Bonchev–Trinajstić information content (AvgIpc) is 2.64. The summed E-state index contributed by atoms with van der Waals surface area (Å²) in [5, 5.41) is 5.77. The molecule has 1 aliphatic rings. The first kappa shape index (κ1) is 19.5. The molecule has 0 heterocycles. The van der Waals surface area contributed by atoms with E-state index in [-0.39, 0.29) is 5.41 Å². The molecule has 0 heteroatoms. The van der Waals surface area contributed by atoms with Gasteiger partial charge in [0, 0.05) is 0 Å². The highest BCUT2D eigenvalue weighted by atomic mass is 14.4. The molecule has 4 rings (SSSR count). The minimum absolute atomic E-state index is 0.133. The molecular weight excluding hydrogens is 336 g/mol. The van der Waals surface area contributed by atoms with Crippen molar-refractivity contribution in [3.63, 3.8) is 0 Å². The fourth-order valence-electron chi connectivity index (χ4n) is 5.33. The normalized spacial score (nSPS) is 20.5. The lowest BCUT2D eigenvalue weighted by molar-refractivity contribution is 0.199. The van der Waals surface area contributed by atoms with Gasteiger partial charge in [0.15, 0.2) is 0 Å². The predicted molar refractivity (Wildman–Crippen MR) is 124 cm³/mol. The van der Waals surface area contributed by atoms with E-state index in [4.69, 9.17) is 0 Å². The van der Waals surface area contributed by atoms with Crippen LogP contribution in [0.5, 0.6) is 0 Å². The average molecular weight is 373 g/mol. The third-order valence-corrected chi connectivity index (χ3v) is 7.15. The molecule has 0 spiro atoms. The van der Waals surface area contributed by atoms with Crippen LogP contribution in [0.4, 0.5) is 0 Å². The Morgan fingerprint density at radius 1 is 0.893 bits per heavy atom. The SMILES string of the molecule is CCC1CC(C(C)(C)C)Cc2c1ccc1c2c(C(C)(C)C)cc2ccccc21. The van der Waals surface area contributed by atoms with Crippen molar-refractivity contribution in [3.8, 4) is 0 Å². The van der Waals surface area contributed by atoms with Gasteiger partial charge in [-0.2, -0.15) is 0 Å². The number of hydrogen-bond acceptors (Lipinski definition) is 0. The molecule has 0 saturated carbocycles. The lowest BCUT2D eigenvalue weighted by Gasteiger charge is -2.40. The van der Waals surface area contributed by atoms with Gasteiger partial charge in [-0.1, -0.05) is 84.9 Å². The monoisotopic (exact) mass is 372 g/mol. The molecule has 0 aliphatic heterocycles. The van der Waals surface area contributed by atoms with Gasteiger partial charge in [0.25, 0.3) is 0 Å². The van der Waals surface area contributed by atoms with Crippen LogP contribution < -0.4 is 0 Å². The molecule has 0 fully saturated rings. The summed E-state index contributed by atoms with van der Waals surface area (Å²) in [5.74, 6) is 1.44. The van der Waals surface area contributed by atoms with Crippen LogP contribution in [0.2, 0.25) is 0 Å². The van der Waals surface area contributed by atoms with Crippen molar-refractivity contribution in [3.05, 3.63) is 59.2 Å². The van der Waals surface area contributed by atoms with Gasteiger partial charge in [-0.05, 0) is 86.2 Å². The summed E-state index contributed by atoms with van der Waals surface area (Å²) in [7, 11) is 0. The van der Waals surface area contributed by atoms with Gasteiger partial charge in [0.1, 0.15) is 0 Å². The van der Waals surface area contributed by atoms with E-state index in [0.29, 0.717) is 11.3 Å². The van der Waals surface area contributed by atoms with Gasteiger partial charge in [-0.15, -0.1) is 0 Å². The molecular formula is C28H36. The lowest BCUT2D eigenvalue weighted by Crippen LogP contribution is -2.29. The molecule has 0 radical (unpaired) electrons. The summed E-state index contributed by atoms with van der Waals surface area (Å²) in [6.07, 6.45) is 3.79. The van der Waals surface area contributed by atoms with Gasteiger partial charge in [-0.3, -0.25) is 0 Å². The molecule has 0 saturated heterocycles. The second-order valence-electron chi connectivity index (χ2n) is 11.1. The Morgan fingerprint density at radius 3 is 2.25 bits per heavy atom. The molecule has 0 N–H and O–H groups in total. The van der Waals surface area contributed by atoms with Crippen LogP contribution in [0.15, 0.2) is 42.5 Å². The third-order valence-electron chi connectivity index (χ3n) is 7.15. The van der Waals surface area contributed by atoms with Gasteiger partial charge in [-0.25, -0.2) is 0 Å². The molecule has 3 aromatic carbocycles. The predicted octanol–water partition coefficient (Wildman–Crippen LogP) is 8.39. The van der Waals surface area contributed by atoms with Crippen molar-refractivity contribution in [1.29, 1.82) is 0 Å². The van der Waals surface area contributed by atoms with Crippen LogP contribution in [0.25, 0.3) is 21.5 Å². The highest BCUT2D eigenvalue weighted by Crippen LogP contribution is 2.48. The summed E-state index contributed by atoms with van der Waals surface area (Å²) in [6, 6.07) is 16.3. The zero-order valence-corrected chi connectivity index (χ0v) is 18.8. The molecule has 0 amide bonds. The smallest absolute Gasteiger partial charge is 0.00995 e. The highest BCUT2D eigenvalue weighted by Gasteiger charge is 2.35. The number of rotatable bonds is 1. The van der Waals surface area contributed by atoms with Gasteiger partial charge >= 0.3 is 0 Å². The molecule has 28 heavy (non-hydrogen) atoms. The van der Waals surface area contributed by atoms with Crippen molar-refractivity contribution in [2.45, 2.75) is 79.1 Å². The molecule has 148 valence electrons. The van der Waals surface area contributed by atoms with Crippen LogP contribution in [0.3, 0.4) is 0 Å². The molecule has 0 nitrogen and oxygen atoms in total. The lowest BCUT2D eigenvalue weighted by atomic mass is 9.65. The fourth-order valence-corrected chi connectivity index (χ4v) is 5.33. The summed E-state index contributed by atoms with van der Waals surface area (Å²) < 4.78 is 0. The van der Waals surface area contributed by atoms with Crippen LogP contribution in [-0.2, 0) is 11.8 Å². The van der Waals surface area contributed by atoms with E-state index in [0.717, 1.165) is 5.92 Å². The van der Waals surface area contributed by atoms with E-state index < -0.39 is 0 Å². The van der Waals surface area contributed by atoms with Gasteiger partial charge in [0.2, 0.25) is 0 Å². The zero-order chi connectivity index (χ0) is 20.3. The van der Waals surface area contributed by atoms with Gasteiger partial charge < -0.3 is 0 Å². The summed E-state index contributed by atoms with van der Waals surface area (Å²) in [5.41, 5.74) is 5.27. The largest absolute Gasteiger partial charge is 0.0648 e. The first-order valence-electron chi connectivity index (χ1n) is 11.1. The Labute approximate surface area is 171 Å². The summed E-state index contributed by atoms with van der Waals surface area (Å²) in [6.45, 7) is 16.8. The number of hydrogen-bond donors (Lipinski definition) is 0. The topological polar surface area (TPSA) is 0 Å². The first-order valence-corrected chi connectivity index (χ1v) is 11.1. The first-order chi connectivity index (χ1) is 13.1. The van der Waals surface area contributed by atoms with E-state index in [1.165, 1.54) is 41.0 Å². The minimum atomic E-state index is 0.133. The number of fused-ring (bicyclic) bond motifs is 5. The molecule has 0 bridgehead atoms. The Hall–Kier alpha value is -1.82. The van der Waals surface area contributed by atoms with Crippen molar-refractivity contribution in [2.75, 3.05) is 0 Å². The maximum atomic E-state index is 2.47. The van der Waals surface area contributed by atoms with Crippen molar-refractivity contribution in [1.82, 2.24) is 0 Å². The maximum absolute atomic E-state index is 2.47. The Kier molecular flexibility index (Phi) is 4.60. The maximum Gasteiger partial charge on any atom is -0.00995 e. The van der Waals surface area contributed by atoms with E-state index in [9.17, 15) is 0 Å². The van der Waals surface area contributed by atoms with E-state index in [2.05, 4.69) is 90.9 Å². The number of benzene rings is 3. The zero-order valence-electron chi connectivity index (χ0n) is 18.8. The molecule has 2 unspecified atom stereocenters. The van der Waals surface area contributed by atoms with Crippen LogP contribution in [-0.4, -0.2) is 0 Å². The quantitative estimate of drug-likeness (QED) is 0.376. The van der Waals surface area contributed by atoms with E-state index in [1.807, 2.05) is 0 Å². The highest BCUT2D eigenvalue weighted by molar-refractivity contribution is 6.10. The molecule has 3 aromatic rings. The van der Waals surface area contributed by atoms with Gasteiger partial charge in [0.05, 0.1) is 0 Å². The van der Waals surface area contributed by atoms with E-state index >= 15 is 0 Å². The van der Waals surface area contributed by atoms with Crippen molar-refractivity contribution in [2.24, 2.45) is 11.3 Å². The fraction of sp³-hybridized carbons (Fsp3) is 0.500. The van der Waals surface area contributed by atoms with Crippen LogP contribution in [0, 0.1) is 11.3 Å². The minimum Gasteiger partial charge on any atom is -0.0648 e. The molecule has 1 aliphatic carbocycles. The molecule has 2 atom stereocenters. The second-order valence-corrected chi connectivity index (χ2v) is 11.1. The summed E-state index contributed by atoms with van der Waals surface area (Å²) >= 11 is 0. The van der Waals surface area contributed by atoms with Crippen LogP contribution >= 0.6 is 0 Å². The Morgan fingerprint density at radius 2 is 1.61 bits per heavy atom. The Bertz CT molecular complexity index is 1020. The van der Waals surface area contributed by atoms with Crippen molar-refractivity contribution >= 4 is 21.5 Å². The molecule has 0 aromatic heterocycles. The second kappa shape index (κ2) is 6.61.